The van der Waals surface area contributed by atoms with Crippen LogP contribution in [-0.4, -0.2) is 44.6 Å². The van der Waals surface area contributed by atoms with E-state index in [1.165, 1.54) is 4.90 Å². The van der Waals surface area contributed by atoms with Gasteiger partial charge >= 0.3 is 6.03 Å². The van der Waals surface area contributed by atoms with Crippen molar-refractivity contribution in [1.29, 1.82) is 0 Å². The molecule has 2 heterocycles. The van der Waals surface area contributed by atoms with Gasteiger partial charge in [-0.05, 0) is 18.8 Å². The molecular weight excluding hydrogens is 322 g/mol. The third-order valence-electron chi connectivity index (χ3n) is 4.79. The molecule has 4 amide bonds. The molecule has 0 atom stereocenters. The number of nitrogens with zero attached hydrogens (tertiary/aromatic N) is 3. The molecule has 2 N–H and O–H groups in total. The first-order chi connectivity index (χ1) is 11.9. The number of nitrogens with one attached hydrogen (secondary N) is 2. The predicted molar refractivity (Wildman–Crippen MR) is 91.8 cm³/mol. The van der Waals surface area contributed by atoms with Gasteiger partial charge in [-0.2, -0.15) is 5.10 Å². The molecule has 1 aliphatic carbocycles. The summed E-state index contributed by atoms with van der Waals surface area (Å²) in [6.07, 6.45) is 4.98. The van der Waals surface area contributed by atoms with E-state index in [-0.39, 0.29) is 30.8 Å². The zero-order chi connectivity index (χ0) is 18.0. The number of carbonyl (C=O) groups is 3. The van der Waals surface area contributed by atoms with Crippen LogP contribution in [-0.2, 0) is 16.1 Å². The van der Waals surface area contributed by atoms with Crippen molar-refractivity contribution in [2.75, 3.05) is 11.9 Å². The molecule has 0 unspecified atom stereocenters. The molecule has 25 heavy (non-hydrogen) atoms. The Balaban J connectivity index is 1.55. The van der Waals surface area contributed by atoms with Gasteiger partial charge in [-0.15, -0.1) is 0 Å². The molecule has 3 rings (SSSR count). The second-order valence-corrected chi connectivity index (χ2v) is 7.27. The first kappa shape index (κ1) is 17.4. The van der Waals surface area contributed by atoms with Crippen LogP contribution in [0.3, 0.4) is 0 Å². The van der Waals surface area contributed by atoms with Crippen LogP contribution in [0.2, 0.25) is 0 Å². The molecule has 8 heteroatoms. The van der Waals surface area contributed by atoms with Gasteiger partial charge in [0.25, 0.3) is 5.91 Å². The Morgan fingerprint density at radius 2 is 2.08 bits per heavy atom. The van der Waals surface area contributed by atoms with Crippen molar-refractivity contribution >= 4 is 23.7 Å². The van der Waals surface area contributed by atoms with Gasteiger partial charge in [0.2, 0.25) is 5.91 Å². The quantitative estimate of drug-likeness (QED) is 0.766. The summed E-state index contributed by atoms with van der Waals surface area (Å²) in [5.74, 6) is 0.610. The molecule has 0 aromatic carbocycles. The molecule has 1 aromatic heterocycles. The number of urea groups is 1. The average molecular weight is 347 g/mol. The van der Waals surface area contributed by atoms with Crippen molar-refractivity contribution in [3.05, 3.63) is 12.3 Å². The van der Waals surface area contributed by atoms with Gasteiger partial charge in [-0.25, -0.2) is 9.48 Å². The highest BCUT2D eigenvalue weighted by molar-refractivity contribution is 6.07. The predicted octanol–water partition coefficient (Wildman–Crippen LogP) is 1.73. The molecule has 8 nitrogen and oxygen atoms in total. The van der Waals surface area contributed by atoms with Crippen LogP contribution in [0.1, 0.15) is 46.0 Å². The number of rotatable bonds is 6. The van der Waals surface area contributed by atoms with Crippen molar-refractivity contribution in [2.24, 2.45) is 5.92 Å². The monoisotopic (exact) mass is 347 g/mol. The number of carbonyl (C=O) groups excluding carboxylic acids is 3. The highest BCUT2D eigenvalue weighted by Crippen LogP contribution is 2.35. The summed E-state index contributed by atoms with van der Waals surface area (Å²) in [4.78, 5) is 38.0. The van der Waals surface area contributed by atoms with E-state index < -0.39 is 5.54 Å². The lowest BCUT2D eigenvalue weighted by Crippen LogP contribution is -2.44. The zero-order valence-corrected chi connectivity index (χ0v) is 14.7. The van der Waals surface area contributed by atoms with E-state index in [0.717, 1.165) is 12.8 Å². The summed E-state index contributed by atoms with van der Waals surface area (Å²) < 4.78 is 1.74. The molecule has 0 bridgehead atoms. The smallest absolute Gasteiger partial charge is 0.323 e. The summed E-state index contributed by atoms with van der Waals surface area (Å²) in [6, 6.07) is 1.35. The lowest BCUT2D eigenvalue weighted by molar-refractivity contribution is -0.131. The van der Waals surface area contributed by atoms with Crippen LogP contribution in [0.15, 0.2) is 12.3 Å². The highest BCUT2D eigenvalue weighted by Gasteiger charge is 2.52. The second-order valence-electron chi connectivity index (χ2n) is 7.27. The SMILES string of the molecule is CC(C)Cn1nccc1NC(=O)CCN1C(=O)NC2(CCCC2)C1=O. The van der Waals surface area contributed by atoms with Crippen molar-refractivity contribution in [3.8, 4) is 0 Å². The minimum Gasteiger partial charge on any atom is -0.323 e. The summed E-state index contributed by atoms with van der Waals surface area (Å²) in [5, 5.41) is 9.82. The van der Waals surface area contributed by atoms with Gasteiger partial charge < -0.3 is 10.6 Å². The Kier molecular flexibility index (Phi) is 4.78. The van der Waals surface area contributed by atoms with Crippen LogP contribution in [0.25, 0.3) is 0 Å². The Hall–Kier alpha value is -2.38. The minimum atomic E-state index is -0.719. The normalized spacial score (nSPS) is 19.1. The van der Waals surface area contributed by atoms with E-state index in [0.29, 0.717) is 31.1 Å². The molecule has 2 fully saturated rings. The standard InChI is InChI=1S/C17H25N5O3/c1-12(2)11-22-13(5-9-18-22)19-14(23)6-10-21-15(24)17(20-16(21)25)7-3-4-8-17/h5,9,12H,3-4,6-8,10-11H2,1-2H3,(H,19,23)(H,20,25). The van der Waals surface area contributed by atoms with Crippen molar-refractivity contribution in [2.45, 2.75) is 58.0 Å². The van der Waals surface area contributed by atoms with Crippen molar-refractivity contribution < 1.29 is 14.4 Å². The van der Waals surface area contributed by atoms with Crippen LogP contribution in [0.4, 0.5) is 10.6 Å². The maximum atomic E-state index is 12.5. The average Bonchev–Trinajstić information content (AvgIpc) is 3.22. The molecule has 1 spiro atoms. The summed E-state index contributed by atoms with van der Waals surface area (Å²) in [5.41, 5.74) is -0.719. The number of hydrogen-bond acceptors (Lipinski definition) is 4. The third kappa shape index (κ3) is 3.52. The third-order valence-corrected chi connectivity index (χ3v) is 4.79. The van der Waals surface area contributed by atoms with Gasteiger partial charge in [0.1, 0.15) is 11.4 Å². The van der Waals surface area contributed by atoms with Gasteiger partial charge in [0.15, 0.2) is 0 Å². The van der Waals surface area contributed by atoms with Crippen LogP contribution in [0.5, 0.6) is 0 Å². The van der Waals surface area contributed by atoms with E-state index in [4.69, 9.17) is 0 Å². The molecule has 0 radical (unpaired) electrons. The lowest BCUT2D eigenvalue weighted by atomic mass is 9.98. The van der Waals surface area contributed by atoms with Crippen LogP contribution in [0, 0.1) is 5.92 Å². The number of hydrogen-bond donors (Lipinski definition) is 2. The fraction of sp³-hybridized carbons (Fsp3) is 0.647. The van der Waals surface area contributed by atoms with Crippen molar-refractivity contribution in [1.82, 2.24) is 20.0 Å². The Morgan fingerprint density at radius 1 is 1.36 bits per heavy atom. The zero-order valence-electron chi connectivity index (χ0n) is 14.7. The largest absolute Gasteiger partial charge is 0.325 e. The topological polar surface area (TPSA) is 96.3 Å². The minimum absolute atomic E-state index is 0.0715. The molecular formula is C17H25N5O3. The van der Waals surface area contributed by atoms with Gasteiger partial charge in [0.05, 0.1) is 6.20 Å². The Labute approximate surface area is 146 Å². The maximum absolute atomic E-state index is 12.5. The fourth-order valence-corrected chi connectivity index (χ4v) is 3.55. The van der Waals surface area contributed by atoms with Gasteiger partial charge in [-0.3, -0.25) is 14.5 Å². The Morgan fingerprint density at radius 3 is 2.76 bits per heavy atom. The first-order valence-electron chi connectivity index (χ1n) is 8.87. The van der Waals surface area contributed by atoms with E-state index >= 15 is 0 Å². The number of aromatic nitrogens is 2. The molecule has 1 aromatic rings. The fourth-order valence-electron chi connectivity index (χ4n) is 3.55. The van der Waals surface area contributed by atoms with Gasteiger partial charge in [0, 0.05) is 25.6 Å². The first-order valence-corrected chi connectivity index (χ1v) is 8.87. The lowest BCUT2D eigenvalue weighted by Gasteiger charge is -2.19. The van der Waals surface area contributed by atoms with Gasteiger partial charge in [-0.1, -0.05) is 26.7 Å². The summed E-state index contributed by atoms with van der Waals surface area (Å²) in [6.45, 7) is 4.95. The van der Waals surface area contributed by atoms with E-state index in [9.17, 15) is 14.4 Å². The summed E-state index contributed by atoms with van der Waals surface area (Å²) in [7, 11) is 0. The number of amides is 4. The number of imide groups is 1. The molecule has 1 saturated heterocycles. The van der Waals surface area contributed by atoms with E-state index in [1.54, 1.807) is 16.9 Å². The molecule has 1 aliphatic heterocycles. The Bertz CT molecular complexity index is 676. The maximum Gasteiger partial charge on any atom is 0.325 e. The van der Waals surface area contributed by atoms with E-state index in [1.807, 2.05) is 0 Å². The molecule has 136 valence electrons. The van der Waals surface area contributed by atoms with Crippen LogP contribution >= 0.6 is 0 Å². The number of anilines is 1. The highest BCUT2D eigenvalue weighted by atomic mass is 16.2. The summed E-state index contributed by atoms with van der Waals surface area (Å²) >= 11 is 0. The second kappa shape index (κ2) is 6.85. The van der Waals surface area contributed by atoms with Crippen molar-refractivity contribution in [3.63, 3.8) is 0 Å². The van der Waals surface area contributed by atoms with Crippen LogP contribution < -0.4 is 10.6 Å². The van der Waals surface area contributed by atoms with E-state index in [2.05, 4.69) is 29.6 Å². The molecule has 1 saturated carbocycles. The molecule has 2 aliphatic rings.